The van der Waals surface area contributed by atoms with Gasteiger partial charge < -0.3 is 10.1 Å². The molecule has 0 radical (unpaired) electrons. The summed E-state index contributed by atoms with van der Waals surface area (Å²) in [6.07, 6.45) is 0.336. The molecule has 0 heterocycles. The monoisotopic (exact) mass is 457 g/mol. The molecule has 6 nitrogen and oxygen atoms in total. The van der Waals surface area contributed by atoms with Crippen molar-refractivity contribution >= 4 is 23.4 Å². The first-order valence-corrected chi connectivity index (χ1v) is 11.0. The summed E-state index contributed by atoms with van der Waals surface area (Å²) in [6, 6.07) is 20.5. The van der Waals surface area contributed by atoms with Crippen LogP contribution in [0.3, 0.4) is 0 Å². The fourth-order valence-corrected chi connectivity index (χ4v) is 3.58. The number of ether oxygens (including phenoxy) is 1. The first-order chi connectivity index (χ1) is 16.3. The fourth-order valence-electron chi connectivity index (χ4n) is 3.58. The van der Waals surface area contributed by atoms with Crippen LogP contribution in [-0.2, 0) is 20.7 Å². The number of nitrogens with one attached hydrogen (secondary N) is 1. The standard InChI is InChI=1S/C28H27NO5/c1-18-13-14-19(2)24(15-18)27(32)22-11-7-8-12-23(22)28(33)34-17-26(31)29-25(20(3)30)16-21-9-5-4-6-10-21/h4-15,25H,16-17H2,1-3H3,(H,29,31). The molecule has 0 spiro atoms. The van der Waals surface area contributed by atoms with Gasteiger partial charge in [-0.15, -0.1) is 0 Å². The zero-order chi connectivity index (χ0) is 24.7. The molecule has 0 aliphatic carbocycles. The number of ketones is 2. The van der Waals surface area contributed by atoms with Crippen molar-refractivity contribution in [2.45, 2.75) is 33.2 Å². The number of hydrogen-bond donors (Lipinski definition) is 1. The van der Waals surface area contributed by atoms with Crippen molar-refractivity contribution in [2.24, 2.45) is 0 Å². The van der Waals surface area contributed by atoms with Crippen molar-refractivity contribution in [3.8, 4) is 0 Å². The number of Topliss-reactive ketones (excluding diaryl/α,β-unsaturated/α-hetero) is 1. The van der Waals surface area contributed by atoms with Crippen LogP contribution in [0.1, 0.15) is 49.9 Å². The molecule has 0 saturated carbocycles. The highest BCUT2D eigenvalue weighted by atomic mass is 16.5. The molecule has 1 amide bonds. The number of aryl methyl sites for hydroxylation is 2. The Morgan fingerprint density at radius 1 is 0.824 bits per heavy atom. The summed E-state index contributed by atoms with van der Waals surface area (Å²) in [5.41, 5.74) is 3.41. The van der Waals surface area contributed by atoms with Gasteiger partial charge in [0.2, 0.25) is 0 Å². The number of benzene rings is 3. The second kappa shape index (κ2) is 11.2. The van der Waals surface area contributed by atoms with Crippen LogP contribution in [0.25, 0.3) is 0 Å². The molecule has 0 aromatic heterocycles. The van der Waals surface area contributed by atoms with Crippen molar-refractivity contribution in [3.63, 3.8) is 0 Å². The summed E-state index contributed by atoms with van der Waals surface area (Å²) in [7, 11) is 0. The van der Waals surface area contributed by atoms with E-state index in [-0.39, 0.29) is 22.7 Å². The Balaban J connectivity index is 1.68. The van der Waals surface area contributed by atoms with Gasteiger partial charge >= 0.3 is 5.97 Å². The Hall–Kier alpha value is -4.06. The average molecular weight is 458 g/mol. The van der Waals surface area contributed by atoms with Gasteiger partial charge in [0.25, 0.3) is 5.91 Å². The van der Waals surface area contributed by atoms with Crippen LogP contribution < -0.4 is 5.32 Å². The van der Waals surface area contributed by atoms with Gasteiger partial charge in [-0.1, -0.05) is 66.2 Å². The van der Waals surface area contributed by atoms with Gasteiger partial charge in [0, 0.05) is 11.1 Å². The minimum Gasteiger partial charge on any atom is -0.452 e. The normalized spacial score (nSPS) is 11.4. The third-order valence-electron chi connectivity index (χ3n) is 5.47. The maximum atomic E-state index is 13.2. The zero-order valence-corrected chi connectivity index (χ0v) is 19.5. The molecule has 174 valence electrons. The minimum atomic E-state index is -0.785. The van der Waals surface area contributed by atoms with Crippen LogP contribution in [0.15, 0.2) is 72.8 Å². The average Bonchev–Trinajstić information content (AvgIpc) is 2.83. The number of hydrogen-bond acceptors (Lipinski definition) is 5. The highest BCUT2D eigenvalue weighted by molar-refractivity contribution is 6.15. The van der Waals surface area contributed by atoms with E-state index < -0.39 is 24.5 Å². The number of carbonyl (C=O) groups is 4. The van der Waals surface area contributed by atoms with E-state index in [1.165, 1.54) is 13.0 Å². The van der Waals surface area contributed by atoms with Crippen LogP contribution in [0, 0.1) is 13.8 Å². The number of rotatable bonds is 9. The third-order valence-corrected chi connectivity index (χ3v) is 5.47. The molecule has 1 unspecified atom stereocenters. The van der Waals surface area contributed by atoms with Crippen LogP contribution >= 0.6 is 0 Å². The van der Waals surface area contributed by atoms with Crippen molar-refractivity contribution < 1.29 is 23.9 Å². The summed E-state index contributed by atoms with van der Waals surface area (Å²) < 4.78 is 5.19. The van der Waals surface area contributed by atoms with Crippen LogP contribution in [0.5, 0.6) is 0 Å². The number of esters is 1. The minimum absolute atomic E-state index is 0.0774. The maximum Gasteiger partial charge on any atom is 0.339 e. The van der Waals surface area contributed by atoms with Gasteiger partial charge in [-0.2, -0.15) is 0 Å². The molecular weight excluding hydrogens is 430 g/mol. The molecule has 1 atom stereocenters. The highest BCUT2D eigenvalue weighted by Crippen LogP contribution is 2.19. The lowest BCUT2D eigenvalue weighted by molar-refractivity contribution is -0.128. The van der Waals surface area contributed by atoms with Crippen LogP contribution in [0.4, 0.5) is 0 Å². The Kier molecular flexibility index (Phi) is 8.09. The van der Waals surface area contributed by atoms with E-state index >= 15 is 0 Å². The van der Waals surface area contributed by atoms with Crippen molar-refractivity contribution in [3.05, 3.63) is 106 Å². The first kappa shape index (κ1) is 24.6. The Morgan fingerprint density at radius 2 is 1.47 bits per heavy atom. The van der Waals surface area contributed by atoms with Gasteiger partial charge in [0.15, 0.2) is 18.2 Å². The molecule has 0 aliphatic rings. The fraction of sp³-hybridized carbons (Fsp3) is 0.214. The summed E-state index contributed by atoms with van der Waals surface area (Å²) in [6.45, 7) is 4.55. The molecular formula is C28H27NO5. The van der Waals surface area contributed by atoms with E-state index in [1.54, 1.807) is 24.3 Å². The van der Waals surface area contributed by atoms with Crippen LogP contribution in [-0.4, -0.2) is 36.1 Å². The van der Waals surface area contributed by atoms with E-state index in [9.17, 15) is 19.2 Å². The zero-order valence-electron chi connectivity index (χ0n) is 19.5. The maximum absolute atomic E-state index is 13.2. The van der Waals surface area contributed by atoms with E-state index in [0.717, 1.165) is 16.7 Å². The van der Waals surface area contributed by atoms with Crippen LogP contribution in [0.2, 0.25) is 0 Å². The molecule has 34 heavy (non-hydrogen) atoms. The lowest BCUT2D eigenvalue weighted by atomic mass is 9.94. The summed E-state index contributed by atoms with van der Waals surface area (Å²) in [4.78, 5) is 50.3. The quantitative estimate of drug-likeness (QED) is 0.387. The lowest BCUT2D eigenvalue weighted by Gasteiger charge is -2.16. The number of amides is 1. The van der Waals surface area contributed by atoms with Gasteiger partial charge in [-0.05, 0) is 50.5 Å². The Bertz CT molecular complexity index is 1220. The topological polar surface area (TPSA) is 89.5 Å². The molecule has 0 aliphatic heterocycles. The lowest BCUT2D eigenvalue weighted by Crippen LogP contribution is -2.43. The molecule has 0 saturated heterocycles. The second-order valence-electron chi connectivity index (χ2n) is 8.19. The van der Waals surface area contributed by atoms with E-state index in [2.05, 4.69) is 5.32 Å². The van der Waals surface area contributed by atoms with Gasteiger partial charge in [0.1, 0.15) is 0 Å². The van der Waals surface area contributed by atoms with Gasteiger partial charge in [-0.25, -0.2) is 4.79 Å². The largest absolute Gasteiger partial charge is 0.452 e. The first-order valence-electron chi connectivity index (χ1n) is 11.0. The summed E-state index contributed by atoms with van der Waals surface area (Å²) in [5, 5.41) is 2.62. The molecule has 1 N–H and O–H groups in total. The molecule has 3 aromatic rings. The van der Waals surface area contributed by atoms with Crippen molar-refractivity contribution in [1.29, 1.82) is 0 Å². The molecule has 6 heteroatoms. The predicted molar refractivity (Wildman–Crippen MR) is 129 cm³/mol. The number of carbonyl (C=O) groups excluding carboxylic acids is 4. The SMILES string of the molecule is CC(=O)C(Cc1ccccc1)NC(=O)COC(=O)c1ccccc1C(=O)c1cc(C)ccc1C. The summed E-state index contributed by atoms with van der Waals surface area (Å²) >= 11 is 0. The van der Waals surface area contributed by atoms with E-state index in [0.29, 0.717) is 12.0 Å². The predicted octanol–water partition coefficient (Wildman–Crippen LogP) is 4.01. The molecule has 0 bridgehead atoms. The third kappa shape index (κ3) is 6.25. The summed E-state index contributed by atoms with van der Waals surface area (Å²) in [5.74, 6) is -1.87. The Morgan fingerprint density at radius 3 is 2.15 bits per heavy atom. The Labute approximate surface area is 199 Å². The molecule has 3 rings (SSSR count). The van der Waals surface area contributed by atoms with Gasteiger partial charge in [-0.3, -0.25) is 14.4 Å². The van der Waals surface area contributed by atoms with Crippen molar-refractivity contribution in [1.82, 2.24) is 5.32 Å². The van der Waals surface area contributed by atoms with E-state index in [4.69, 9.17) is 4.74 Å². The molecule has 0 fully saturated rings. The van der Waals surface area contributed by atoms with E-state index in [1.807, 2.05) is 56.3 Å². The van der Waals surface area contributed by atoms with Crippen molar-refractivity contribution in [2.75, 3.05) is 6.61 Å². The second-order valence-corrected chi connectivity index (χ2v) is 8.19. The highest BCUT2D eigenvalue weighted by Gasteiger charge is 2.22. The van der Waals surface area contributed by atoms with Gasteiger partial charge in [0.05, 0.1) is 11.6 Å². The smallest absolute Gasteiger partial charge is 0.339 e. The molecule has 3 aromatic carbocycles.